The Labute approximate surface area is 159 Å². The number of hydrogen-bond donors (Lipinski definition) is 0. The fraction of sp³-hybridized carbons (Fsp3) is 0.650. The molecule has 0 amide bonds. The predicted octanol–water partition coefficient (Wildman–Crippen LogP) is 5.61. The Hall–Kier alpha value is -0.843. The van der Waals surface area contributed by atoms with Crippen LogP contribution in [0.25, 0.3) is 0 Å². The molecule has 142 valence electrons. The molecule has 0 aliphatic heterocycles. The highest BCUT2D eigenvalue weighted by atomic mass is 35.5. The van der Waals surface area contributed by atoms with Gasteiger partial charge in [0.05, 0.1) is 7.11 Å². The molecule has 0 saturated carbocycles. The molecule has 3 nitrogen and oxygen atoms in total. The molecular formula is C20H33ClO3Si. The van der Waals surface area contributed by atoms with Crippen LogP contribution in [0.5, 0.6) is 5.75 Å². The first kappa shape index (κ1) is 22.2. The highest BCUT2D eigenvalue weighted by Crippen LogP contribution is 2.36. The summed E-state index contributed by atoms with van der Waals surface area (Å²) in [5.74, 6) is 1.04. The Kier molecular flexibility index (Phi) is 8.65. The van der Waals surface area contributed by atoms with Crippen LogP contribution >= 0.6 is 11.6 Å². The number of ether oxygens (including phenoxy) is 1. The van der Waals surface area contributed by atoms with Gasteiger partial charge in [-0.1, -0.05) is 32.9 Å². The van der Waals surface area contributed by atoms with Crippen molar-refractivity contribution in [1.29, 1.82) is 0 Å². The fourth-order valence-electron chi connectivity index (χ4n) is 2.19. The van der Waals surface area contributed by atoms with E-state index in [9.17, 15) is 4.79 Å². The lowest BCUT2D eigenvalue weighted by Crippen LogP contribution is -2.41. The molecule has 0 spiro atoms. The van der Waals surface area contributed by atoms with E-state index in [4.69, 9.17) is 20.8 Å². The van der Waals surface area contributed by atoms with E-state index in [0.29, 0.717) is 19.4 Å². The average molecular weight is 385 g/mol. The second-order valence-electron chi connectivity index (χ2n) is 8.09. The first-order valence-corrected chi connectivity index (χ1v) is 12.3. The number of ketones is 1. The molecule has 0 aromatic heterocycles. The monoisotopic (exact) mass is 384 g/mol. The van der Waals surface area contributed by atoms with Gasteiger partial charge in [0.25, 0.3) is 0 Å². The molecule has 1 rings (SSSR count). The van der Waals surface area contributed by atoms with E-state index in [0.717, 1.165) is 24.2 Å². The zero-order valence-corrected chi connectivity index (χ0v) is 18.3. The molecule has 0 aliphatic carbocycles. The smallest absolute Gasteiger partial charge is 0.191 e. The van der Waals surface area contributed by atoms with Crippen LogP contribution in [0.2, 0.25) is 18.1 Å². The largest absolute Gasteiger partial charge is 0.497 e. The first-order valence-electron chi connectivity index (χ1n) is 8.98. The van der Waals surface area contributed by atoms with E-state index in [-0.39, 0.29) is 16.2 Å². The molecule has 0 radical (unpaired) electrons. The van der Waals surface area contributed by atoms with Crippen molar-refractivity contribution in [2.24, 2.45) is 0 Å². The number of hydrogen-bond acceptors (Lipinski definition) is 3. The molecule has 0 saturated heterocycles. The zero-order chi connectivity index (χ0) is 19.1. The summed E-state index contributed by atoms with van der Waals surface area (Å²) in [7, 11) is -0.0859. The number of Topliss-reactive ketones (excluding diaryl/α,β-unsaturated/α-hetero) is 1. The number of methoxy groups -OCH3 is 1. The van der Waals surface area contributed by atoms with Crippen LogP contribution < -0.4 is 4.74 Å². The molecule has 0 N–H and O–H groups in total. The van der Waals surface area contributed by atoms with Crippen LogP contribution in [0.4, 0.5) is 0 Å². The van der Waals surface area contributed by atoms with E-state index in [1.54, 1.807) is 7.11 Å². The van der Waals surface area contributed by atoms with Gasteiger partial charge < -0.3 is 9.16 Å². The van der Waals surface area contributed by atoms with Crippen molar-refractivity contribution in [2.45, 2.75) is 70.0 Å². The molecule has 25 heavy (non-hydrogen) atoms. The number of carbonyl (C=O) groups is 1. The Morgan fingerprint density at radius 1 is 1.20 bits per heavy atom. The van der Waals surface area contributed by atoms with Gasteiger partial charge >= 0.3 is 0 Å². The number of carbonyl (C=O) groups excluding carboxylic acids is 1. The normalized spacial score (nSPS) is 13.6. The SMILES string of the molecule is COc1ccc(CCC(=O)CC(Cl)CCO[Si](C)(C)C(C)(C)C)cc1. The summed E-state index contributed by atoms with van der Waals surface area (Å²) in [6.45, 7) is 11.8. The van der Waals surface area contributed by atoms with Gasteiger partial charge in [0.15, 0.2) is 8.32 Å². The van der Waals surface area contributed by atoms with Gasteiger partial charge in [-0.15, -0.1) is 11.6 Å². The number of rotatable bonds is 10. The zero-order valence-electron chi connectivity index (χ0n) is 16.5. The van der Waals surface area contributed by atoms with Crippen LogP contribution in [0.15, 0.2) is 24.3 Å². The van der Waals surface area contributed by atoms with Crippen molar-refractivity contribution < 1.29 is 14.0 Å². The molecule has 0 bridgehead atoms. The first-order chi connectivity index (χ1) is 11.5. The summed E-state index contributed by atoms with van der Waals surface area (Å²) in [6, 6.07) is 7.83. The van der Waals surface area contributed by atoms with E-state index < -0.39 is 8.32 Å². The minimum Gasteiger partial charge on any atom is -0.497 e. The molecule has 1 aromatic rings. The van der Waals surface area contributed by atoms with E-state index in [2.05, 4.69) is 33.9 Å². The number of aryl methyl sites for hydroxylation is 1. The van der Waals surface area contributed by atoms with Crippen molar-refractivity contribution in [3.8, 4) is 5.75 Å². The van der Waals surface area contributed by atoms with Gasteiger partial charge in [-0.3, -0.25) is 4.79 Å². The molecule has 0 heterocycles. The van der Waals surface area contributed by atoms with E-state index in [1.165, 1.54) is 0 Å². The van der Waals surface area contributed by atoms with Gasteiger partial charge in [0.1, 0.15) is 11.5 Å². The van der Waals surface area contributed by atoms with Crippen molar-refractivity contribution in [1.82, 2.24) is 0 Å². The van der Waals surface area contributed by atoms with Crippen molar-refractivity contribution in [3.63, 3.8) is 0 Å². The number of halogens is 1. The summed E-state index contributed by atoms with van der Waals surface area (Å²) >= 11 is 6.34. The molecule has 5 heteroatoms. The second kappa shape index (κ2) is 9.74. The van der Waals surface area contributed by atoms with Gasteiger partial charge in [0, 0.05) is 24.8 Å². The van der Waals surface area contributed by atoms with Gasteiger partial charge in [-0.05, 0) is 48.7 Å². The maximum atomic E-state index is 12.1. The third-order valence-corrected chi connectivity index (χ3v) is 9.91. The third-order valence-electron chi connectivity index (χ3n) is 5.00. The summed E-state index contributed by atoms with van der Waals surface area (Å²) in [5.41, 5.74) is 1.14. The summed E-state index contributed by atoms with van der Waals surface area (Å²) < 4.78 is 11.3. The quantitative estimate of drug-likeness (QED) is 0.388. The van der Waals surface area contributed by atoms with Gasteiger partial charge in [-0.25, -0.2) is 0 Å². The van der Waals surface area contributed by atoms with E-state index >= 15 is 0 Å². The Morgan fingerprint density at radius 2 is 1.80 bits per heavy atom. The average Bonchev–Trinajstić information content (AvgIpc) is 2.52. The predicted molar refractivity (Wildman–Crippen MR) is 108 cm³/mol. The maximum Gasteiger partial charge on any atom is 0.191 e. The maximum absolute atomic E-state index is 12.1. The molecular weight excluding hydrogens is 352 g/mol. The van der Waals surface area contributed by atoms with Crippen molar-refractivity contribution in [2.75, 3.05) is 13.7 Å². The van der Waals surface area contributed by atoms with Crippen LogP contribution in [-0.4, -0.2) is 33.2 Å². The van der Waals surface area contributed by atoms with Crippen LogP contribution in [0.1, 0.15) is 45.6 Å². The Bertz CT molecular complexity index is 535. The lowest BCUT2D eigenvalue weighted by Gasteiger charge is -2.36. The van der Waals surface area contributed by atoms with E-state index in [1.807, 2.05) is 24.3 Å². The van der Waals surface area contributed by atoms with Crippen LogP contribution in [-0.2, 0) is 15.6 Å². The van der Waals surface area contributed by atoms with Gasteiger partial charge in [0.2, 0.25) is 0 Å². The highest BCUT2D eigenvalue weighted by molar-refractivity contribution is 6.74. The topological polar surface area (TPSA) is 35.5 Å². The fourth-order valence-corrected chi connectivity index (χ4v) is 3.51. The molecule has 0 fully saturated rings. The summed E-state index contributed by atoms with van der Waals surface area (Å²) in [5, 5.41) is 0.0522. The summed E-state index contributed by atoms with van der Waals surface area (Å²) in [4.78, 5) is 12.1. The van der Waals surface area contributed by atoms with Crippen molar-refractivity contribution in [3.05, 3.63) is 29.8 Å². The molecule has 1 atom stereocenters. The number of benzene rings is 1. The lowest BCUT2D eigenvalue weighted by molar-refractivity contribution is -0.119. The summed E-state index contributed by atoms with van der Waals surface area (Å²) in [6.07, 6.45) is 2.41. The van der Waals surface area contributed by atoms with Crippen LogP contribution in [0.3, 0.4) is 0 Å². The molecule has 0 aliphatic rings. The minimum absolute atomic E-state index is 0.145. The third kappa shape index (κ3) is 7.93. The molecule has 1 unspecified atom stereocenters. The van der Waals surface area contributed by atoms with Crippen molar-refractivity contribution >= 4 is 25.7 Å². The molecule has 1 aromatic carbocycles. The Balaban J connectivity index is 2.29. The lowest BCUT2D eigenvalue weighted by atomic mass is 10.0. The van der Waals surface area contributed by atoms with Gasteiger partial charge in [-0.2, -0.15) is 0 Å². The standard InChI is InChI=1S/C20H33ClO3Si/c1-20(2,3)25(5,6)24-14-13-17(21)15-18(22)10-7-16-8-11-19(23-4)12-9-16/h8-9,11-12,17H,7,10,13-15H2,1-6H3. The highest BCUT2D eigenvalue weighted by Gasteiger charge is 2.36. The number of alkyl halides is 1. The Morgan fingerprint density at radius 3 is 2.32 bits per heavy atom. The minimum atomic E-state index is -1.73. The second-order valence-corrected chi connectivity index (χ2v) is 13.5. The van der Waals surface area contributed by atoms with Crippen LogP contribution in [0, 0.1) is 0 Å².